The van der Waals surface area contributed by atoms with Crippen LogP contribution in [-0.2, 0) is 16.1 Å². The lowest BCUT2D eigenvalue weighted by molar-refractivity contribution is -0.128. The molecule has 4 nitrogen and oxygen atoms in total. The number of anilines is 1. The van der Waals surface area contributed by atoms with Gasteiger partial charge in [-0.3, -0.25) is 9.59 Å². The summed E-state index contributed by atoms with van der Waals surface area (Å²) in [6.45, 7) is 1.02. The molecule has 0 saturated carbocycles. The monoisotopic (exact) mass is 372 g/mol. The van der Waals surface area contributed by atoms with E-state index in [2.05, 4.69) is 21.2 Å². The Kier molecular flexibility index (Phi) is 4.76. The lowest BCUT2D eigenvalue weighted by Gasteiger charge is -2.16. The minimum Gasteiger partial charge on any atom is -0.338 e. The SMILES string of the molecule is O=C(Nc1cccc(Br)c1)[C@@H]1CC(=O)N(Cc2ccccc2)C1. The van der Waals surface area contributed by atoms with Crippen molar-refractivity contribution in [3.63, 3.8) is 0 Å². The summed E-state index contributed by atoms with van der Waals surface area (Å²) in [6.07, 6.45) is 0.271. The number of nitrogens with one attached hydrogen (secondary N) is 1. The zero-order valence-corrected chi connectivity index (χ0v) is 14.1. The van der Waals surface area contributed by atoms with E-state index in [0.717, 1.165) is 15.7 Å². The van der Waals surface area contributed by atoms with E-state index in [0.29, 0.717) is 13.1 Å². The topological polar surface area (TPSA) is 49.4 Å². The third-order valence-electron chi connectivity index (χ3n) is 3.89. The van der Waals surface area contributed by atoms with Crippen molar-refractivity contribution in [2.24, 2.45) is 5.92 Å². The minimum absolute atomic E-state index is 0.0308. The Labute approximate surface area is 143 Å². The van der Waals surface area contributed by atoms with E-state index in [1.54, 1.807) is 4.90 Å². The van der Waals surface area contributed by atoms with Gasteiger partial charge in [-0.05, 0) is 23.8 Å². The van der Waals surface area contributed by atoms with E-state index in [9.17, 15) is 9.59 Å². The van der Waals surface area contributed by atoms with Crippen molar-refractivity contribution >= 4 is 33.4 Å². The van der Waals surface area contributed by atoms with E-state index in [1.807, 2.05) is 54.6 Å². The van der Waals surface area contributed by atoms with Crippen LogP contribution in [0.1, 0.15) is 12.0 Å². The number of nitrogens with zero attached hydrogens (tertiary/aromatic N) is 1. The number of benzene rings is 2. The van der Waals surface area contributed by atoms with Crippen LogP contribution in [0.4, 0.5) is 5.69 Å². The van der Waals surface area contributed by atoms with Gasteiger partial charge >= 0.3 is 0 Å². The molecule has 1 aliphatic heterocycles. The van der Waals surface area contributed by atoms with Crippen molar-refractivity contribution in [1.29, 1.82) is 0 Å². The zero-order chi connectivity index (χ0) is 16.2. The highest BCUT2D eigenvalue weighted by Gasteiger charge is 2.34. The maximum Gasteiger partial charge on any atom is 0.229 e. The molecule has 0 aliphatic carbocycles. The molecule has 0 unspecified atom stereocenters. The lowest BCUT2D eigenvalue weighted by atomic mass is 10.1. The minimum atomic E-state index is -0.301. The van der Waals surface area contributed by atoms with Crippen molar-refractivity contribution in [3.8, 4) is 0 Å². The van der Waals surface area contributed by atoms with E-state index in [-0.39, 0.29) is 24.2 Å². The maximum absolute atomic E-state index is 12.4. The summed E-state index contributed by atoms with van der Waals surface area (Å²) in [4.78, 5) is 26.3. The molecule has 2 aromatic rings. The van der Waals surface area contributed by atoms with Crippen LogP contribution in [0.2, 0.25) is 0 Å². The van der Waals surface area contributed by atoms with E-state index in [1.165, 1.54) is 0 Å². The van der Waals surface area contributed by atoms with Crippen LogP contribution in [0.3, 0.4) is 0 Å². The second kappa shape index (κ2) is 6.96. The van der Waals surface area contributed by atoms with Crippen molar-refractivity contribution in [2.45, 2.75) is 13.0 Å². The first-order valence-electron chi connectivity index (χ1n) is 7.50. The highest BCUT2D eigenvalue weighted by molar-refractivity contribution is 9.10. The molecule has 1 aliphatic rings. The molecular formula is C18H17BrN2O2. The molecule has 3 rings (SSSR count). The fraction of sp³-hybridized carbons (Fsp3) is 0.222. The van der Waals surface area contributed by atoms with Crippen molar-refractivity contribution in [1.82, 2.24) is 4.90 Å². The second-order valence-corrected chi connectivity index (χ2v) is 6.58. The summed E-state index contributed by atoms with van der Waals surface area (Å²) in [6, 6.07) is 17.3. The van der Waals surface area contributed by atoms with Crippen LogP contribution >= 0.6 is 15.9 Å². The number of rotatable bonds is 4. The molecule has 2 amide bonds. The average Bonchev–Trinajstić information content (AvgIpc) is 2.89. The lowest BCUT2D eigenvalue weighted by Crippen LogP contribution is -2.28. The molecule has 0 aromatic heterocycles. The summed E-state index contributed by atoms with van der Waals surface area (Å²) in [5.74, 6) is -0.375. The molecule has 0 spiro atoms. The van der Waals surface area contributed by atoms with Gasteiger partial charge in [0.25, 0.3) is 0 Å². The number of hydrogen-bond acceptors (Lipinski definition) is 2. The Morgan fingerprint density at radius 3 is 2.70 bits per heavy atom. The maximum atomic E-state index is 12.4. The normalized spacial score (nSPS) is 17.3. The van der Waals surface area contributed by atoms with Crippen molar-refractivity contribution < 1.29 is 9.59 Å². The highest BCUT2D eigenvalue weighted by Crippen LogP contribution is 2.23. The van der Waals surface area contributed by atoms with E-state index < -0.39 is 0 Å². The third-order valence-corrected chi connectivity index (χ3v) is 4.39. The largest absolute Gasteiger partial charge is 0.338 e. The molecule has 1 heterocycles. The predicted octanol–water partition coefficient (Wildman–Crippen LogP) is 3.44. The average molecular weight is 373 g/mol. The summed E-state index contributed by atoms with van der Waals surface area (Å²) < 4.78 is 0.906. The number of amides is 2. The first kappa shape index (κ1) is 15.7. The van der Waals surface area contributed by atoms with Gasteiger partial charge in [-0.15, -0.1) is 0 Å². The number of hydrogen-bond donors (Lipinski definition) is 1. The molecule has 1 fully saturated rings. The van der Waals surface area contributed by atoms with Gasteiger partial charge in [0.2, 0.25) is 11.8 Å². The summed E-state index contributed by atoms with van der Waals surface area (Å²) in [5, 5.41) is 2.88. The highest BCUT2D eigenvalue weighted by atomic mass is 79.9. The Morgan fingerprint density at radius 1 is 1.17 bits per heavy atom. The standard InChI is InChI=1S/C18H17BrN2O2/c19-15-7-4-8-16(10-15)20-18(23)14-9-17(22)21(12-14)11-13-5-2-1-3-6-13/h1-8,10,14H,9,11-12H2,(H,20,23)/t14-/m1/s1. The Bertz CT molecular complexity index is 718. The van der Waals surface area contributed by atoms with Crippen LogP contribution < -0.4 is 5.32 Å². The number of carbonyl (C=O) groups excluding carboxylic acids is 2. The Balaban J connectivity index is 1.61. The molecule has 0 radical (unpaired) electrons. The van der Waals surface area contributed by atoms with Gasteiger partial charge in [0.1, 0.15) is 0 Å². The molecule has 1 N–H and O–H groups in total. The molecular weight excluding hydrogens is 356 g/mol. The Hall–Kier alpha value is -2.14. The van der Waals surface area contributed by atoms with Gasteiger partial charge in [-0.1, -0.05) is 52.3 Å². The van der Waals surface area contributed by atoms with Crippen LogP contribution in [0.15, 0.2) is 59.1 Å². The van der Waals surface area contributed by atoms with Crippen LogP contribution in [0.5, 0.6) is 0 Å². The fourth-order valence-corrected chi connectivity index (χ4v) is 3.11. The summed E-state index contributed by atoms with van der Waals surface area (Å²) in [7, 11) is 0. The molecule has 118 valence electrons. The molecule has 2 aromatic carbocycles. The number of halogens is 1. The Morgan fingerprint density at radius 2 is 1.96 bits per heavy atom. The van der Waals surface area contributed by atoms with E-state index in [4.69, 9.17) is 0 Å². The summed E-state index contributed by atoms with van der Waals surface area (Å²) in [5.41, 5.74) is 1.81. The quantitative estimate of drug-likeness (QED) is 0.893. The van der Waals surface area contributed by atoms with Crippen LogP contribution in [-0.4, -0.2) is 23.3 Å². The van der Waals surface area contributed by atoms with Gasteiger partial charge < -0.3 is 10.2 Å². The molecule has 5 heteroatoms. The first-order valence-corrected chi connectivity index (χ1v) is 8.29. The first-order chi connectivity index (χ1) is 11.1. The number of carbonyl (C=O) groups is 2. The third kappa shape index (κ3) is 3.99. The molecule has 1 atom stereocenters. The van der Waals surface area contributed by atoms with Crippen LogP contribution in [0, 0.1) is 5.92 Å². The van der Waals surface area contributed by atoms with Gasteiger partial charge in [0.15, 0.2) is 0 Å². The van der Waals surface area contributed by atoms with Crippen molar-refractivity contribution in [2.75, 3.05) is 11.9 Å². The molecule has 0 bridgehead atoms. The van der Waals surface area contributed by atoms with E-state index >= 15 is 0 Å². The zero-order valence-electron chi connectivity index (χ0n) is 12.5. The molecule has 23 heavy (non-hydrogen) atoms. The summed E-state index contributed by atoms with van der Waals surface area (Å²) >= 11 is 3.38. The fourth-order valence-electron chi connectivity index (χ4n) is 2.71. The molecule has 1 saturated heterocycles. The van der Waals surface area contributed by atoms with Gasteiger partial charge in [0.05, 0.1) is 5.92 Å². The smallest absolute Gasteiger partial charge is 0.229 e. The van der Waals surface area contributed by atoms with Gasteiger partial charge in [-0.2, -0.15) is 0 Å². The van der Waals surface area contributed by atoms with Gasteiger partial charge in [0, 0.05) is 29.7 Å². The number of likely N-dealkylation sites (tertiary alicyclic amines) is 1. The van der Waals surface area contributed by atoms with Gasteiger partial charge in [-0.25, -0.2) is 0 Å². The second-order valence-electron chi connectivity index (χ2n) is 5.66. The van der Waals surface area contributed by atoms with Crippen molar-refractivity contribution in [3.05, 3.63) is 64.6 Å². The van der Waals surface area contributed by atoms with Crippen LogP contribution in [0.25, 0.3) is 0 Å². The predicted molar refractivity (Wildman–Crippen MR) is 92.7 cm³/mol.